The van der Waals surface area contributed by atoms with E-state index in [0.29, 0.717) is 5.56 Å². The lowest BCUT2D eigenvalue weighted by Crippen LogP contribution is -2.08. The molecule has 0 aliphatic carbocycles. The van der Waals surface area contributed by atoms with E-state index in [1.54, 1.807) is 0 Å². The molecule has 0 unspecified atom stereocenters. The van der Waals surface area contributed by atoms with Crippen molar-refractivity contribution in [1.82, 2.24) is 14.8 Å². The Balaban J connectivity index is 2.64. The Labute approximate surface area is 111 Å². The van der Waals surface area contributed by atoms with Crippen molar-refractivity contribution in [3.63, 3.8) is 0 Å². The summed E-state index contributed by atoms with van der Waals surface area (Å²) in [6.45, 7) is 1.53. The lowest BCUT2D eigenvalue weighted by atomic mass is 10.0. The molecule has 0 amide bonds. The quantitative estimate of drug-likeness (QED) is 0.757. The highest BCUT2D eigenvalue weighted by Gasteiger charge is 2.37. The van der Waals surface area contributed by atoms with Crippen LogP contribution in [0.25, 0.3) is 11.4 Å². The SMILES string of the molecule is Cc1cc(F)c(-c2nc(C(F)(F)F)nn2C)cc1C#N. The molecule has 0 saturated heterocycles. The maximum Gasteiger partial charge on any atom is 0.453 e. The summed E-state index contributed by atoms with van der Waals surface area (Å²) < 4.78 is 52.3. The molecule has 0 bridgehead atoms. The van der Waals surface area contributed by atoms with Crippen LogP contribution in [0.15, 0.2) is 12.1 Å². The second kappa shape index (κ2) is 4.59. The average Bonchev–Trinajstić information content (AvgIpc) is 2.71. The predicted octanol–water partition coefficient (Wildman–Crippen LogP) is 2.82. The Morgan fingerprint density at radius 2 is 1.95 bits per heavy atom. The van der Waals surface area contributed by atoms with E-state index in [1.165, 1.54) is 14.0 Å². The molecule has 0 atom stereocenters. The third kappa shape index (κ3) is 2.34. The molecule has 2 aromatic rings. The highest BCUT2D eigenvalue weighted by molar-refractivity contribution is 5.60. The number of hydrogen-bond acceptors (Lipinski definition) is 3. The average molecular weight is 284 g/mol. The van der Waals surface area contributed by atoms with Crippen molar-refractivity contribution in [2.45, 2.75) is 13.1 Å². The van der Waals surface area contributed by atoms with E-state index in [9.17, 15) is 17.6 Å². The minimum atomic E-state index is -4.71. The zero-order chi connectivity index (χ0) is 15.1. The molecule has 1 aromatic carbocycles. The van der Waals surface area contributed by atoms with E-state index in [-0.39, 0.29) is 17.0 Å². The molecule has 8 heteroatoms. The monoisotopic (exact) mass is 284 g/mol. The van der Waals surface area contributed by atoms with Crippen LogP contribution < -0.4 is 0 Å². The number of benzene rings is 1. The lowest BCUT2D eigenvalue weighted by Gasteiger charge is -2.05. The van der Waals surface area contributed by atoms with Crippen molar-refractivity contribution in [3.05, 3.63) is 34.9 Å². The van der Waals surface area contributed by atoms with Gasteiger partial charge in [-0.3, -0.25) is 0 Å². The molecule has 0 aliphatic rings. The number of nitrogens with zero attached hydrogens (tertiary/aromatic N) is 4. The number of aryl methyl sites for hydroxylation is 2. The van der Waals surface area contributed by atoms with E-state index < -0.39 is 17.8 Å². The Hall–Kier alpha value is -2.43. The van der Waals surface area contributed by atoms with Crippen LogP contribution in [0, 0.1) is 24.1 Å². The molecule has 0 radical (unpaired) electrons. The molecular weight excluding hydrogens is 276 g/mol. The maximum absolute atomic E-state index is 13.9. The number of rotatable bonds is 1. The molecule has 0 spiro atoms. The number of alkyl halides is 3. The van der Waals surface area contributed by atoms with Gasteiger partial charge in [0.05, 0.1) is 17.2 Å². The van der Waals surface area contributed by atoms with Gasteiger partial charge in [0, 0.05) is 7.05 Å². The van der Waals surface area contributed by atoms with Crippen LogP contribution in [0.5, 0.6) is 0 Å². The first kappa shape index (κ1) is 14.0. The maximum atomic E-state index is 13.9. The minimum Gasteiger partial charge on any atom is -0.248 e. The first-order valence-electron chi connectivity index (χ1n) is 5.43. The van der Waals surface area contributed by atoms with Gasteiger partial charge in [-0.25, -0.2) is 14.1 Å². The molecule has 20 heavy (non-hydrogen) atoms. The summed E-state index contributed by atoms with van der Waals surface area (Å²) in [5.74, 6) is -2.40. The fraction of sp³-hybridized carbons (Fsp3) is 0.250. The molecule has 0 aliphatic heterocycles. The van der Waals surface area contributed by atoms with Crippen molar-refractivity contribution in [3.8, 4) is 17.5 Å². The van der Waals surface area contributed by atoms with Crippen molar-refractivity contribution in [1.29, 1.82) is 5.26 Å². The second-order valence-corrected chi connectivity index (χ2v) is 4.14. The molecule has 4 nitrogen and oxygen atoms in total. The Morgan fingerprint density at radius 3 is 2.45 bits per heavy atom. The van der Waals surface area contributed by atoms with Crippen LogP contribution in [-0.4, -0.2) is 14.8 Å². The first-order chi connectivity index (χ1) is 9.24. The van der Waals surface area contributed by atoms with Crippen LogP contribution in [0.2, 0.25) is 0 Å². The van der Waals surface area contributed by atoms with Crippen LogP contribution in [0.4, 0.5) is 17.6 Å². The highest BCUT2D eigenvalue weighted by Crippen LogP contribution is 2.30. The van der Waals surface area contributed by atoms with E-state index >= 15 is 0 Å². The van der Waals surface area contributed by atoms with E-state index in [2.05, 4.69) is 10.1 Å². The third-order valence-electron chi connectivity index (χ3n) is 2.69. The van der Waals surface area contributed by atoms with E-state index in [4.69, 9.17) is 5.26 Å². The molecular formula is C12H8F4N4. The van der Waals surface area contributed by atoms with Crippen molar-refractivity contribution >= 4 is 0 Å². The molecule has 2 rings (SSSR count). The summed E-state index contributed by atoms with van der Waals surface area (Å²) in [4.78, 5) is 3.29. The van der Waals surface area contributed by atoms with Gasteiger partial charge < -0.3 is 0 Å². The van der Waals surface area contributed by atoms with Gasteiger partial charge in [-0.2, -0.15) is 18.4 Å². The zero-order valence-corrected chi connectivity index (χ0v) is 10.5. The minimum absolute atomic E-state index is 0.165. The van der Waals surface area contributed by atoms with Crippen LogP contribution in [-0.2, 0) is 13.2 Å². The number of halogens is 4. The van der Waals surface area contributed by atoms with Gasteiger partial charge in [0.25, 0.3) is 5.82 Å². The Kier molecular flexibility index (Phi) is 3.21. The summed E-state index contributed by atoms with van der Waals surface area (Å²) in [6.07, 6.45) is -4.71. The summed E-state index contributed by atoms with van der Waals surface area (Å²) in [5, 5.41) is 12.1. The van der Waals surface area contributed by atoms with Gasteiger partial charge in [0.15, 0.2) is 5.82 Å². The topological polar surface area (TPSA) is 54.5 Å². The standard InChI is InChI=1S/C12H8F4N4/c1-6-3-9(13)8(4-7(6)5-17)10-18-11(12(14,15)16)19-20(10)2/h3-4H,1-2H3. The van der Waals surface area contributed by atoms with Crippen molar-refractivity contribution in [2.24, 2.45) is 7.05 Å². The van der Waals surface area contributed by atoms with Gasteiger partial charge in [-0.15, -0.1) is 5.10 Å². The molecule has 1 heterocycles. The number of aromatic nitrogens is 3. The number of nitriles is 1. The smallest absolute Gasteiger partial charge is 0.248 e. The summed E-state index contributed by atoms with van der Waals surface area (Å²) in [6, 6.07) is 4.08. The third-order valence-corrected chi connectivity index (χ3v) is 2.69. The van der Waals surface area contributed by atoms with E-state index in [1.807, 2.05) is 6.07 Å². The van der Waals surface area contributed by atoms with E-state index in [0.717, 1.165) is 16.8 Å². The van der Waals surface area contributed by atoms with Gasteiger partial charge in [0.1, 0.15) is 5.82 Å². The summed E-state index contributed by atoms with van der Waals surface area (Å²) >= 11 is 0. The summed E-state index contributed by atoms with van der Waals surface area (Å²) in [7, 11) is 1.23. The predicted molar refractivity (Wildman–Crippen MR) is 60.9 cm³/mol. The van der Waals surface area contributed by atoms with Gasteiger partial charge >= 0.3 is 6.18 Å². The van der Waals surface area contributed by atoms with Crippen LogP contribution >= 0.6 is 0 Å². The lowest BCUT2D eigenvalue weighted by molar-refractivity contribution is -0.144. The fourth-order valence-electron chi connectivity index (χ4n) is 1.70. The highest BCUT2D eigenvalue weighted by atomic mass is 19.4. The van der Waals surface area contributed by atoms with Gasteiger partial charge in [-0.05, 0) is 24.6 Å². The Morgan fingerprint density at radius 1 is 1.30 bits per heavy atom. The zero-order valence-electron chi connectivity index (χ0n) is 10.5. The van der Waals surface area contributed by atoms with Crippen molar-refractivity contribution < 1.29 is 17.6 Å². The summed E-state index contributed by atoms with van der Waals surface area (Å²) in [5.41, 5.74) is 0.363. The molecule has 1 aromatic heterocycles. The normalized spacial score (nSPS) is 11.4. The molecule has 104 valence electrons. The number of hydrogen-bond donors (Lipinski definition) is 0. The molecule has 0 fully saturated rings. The van der Waals surface area contributed by atoms with Gasteiger partial charge in [0.2, 0.25) is 0 Å². The fourth-order valence-corrected chi connectivity index (χ4v) is 1.70. The van der Waals surface area contributed by atoms with Crippen molar-refractivity contribution in [2.75, 3.05) is 0 Å². The largest absolute Gasteiger partial charge is 0.453 e. The second-order valence-electron chi connectivity index (χ2n) is 4.14. The van der Waals surface area contributed by atoms with Crippen LogP contribution in [0.3, 0.4) is 0 Å². The van der Waals surface area contributed by atoms with Crippen LogP contribution in [0.1, 0.15) is 17.0 Å². The Bertz CT molecular complexity index is 709. The first-order valence-corrected chi connectivity index (χ1v) is 5.43. The molecule has 0 saturated carbocycles. The van der Waals surface area contributed by atoms with Gasteiger partial charge in [-0.1, -0.05) is 0 Å². The molecule has 0 N–H and O–H groups in total.